The van der Waals surface area contributed by atoms with E-state index in [1.807, 2.05) is 18.2 Å². The van der Waals surface area contributed by atoms with E-state index in [1.54, 1.807) is 0 Å². The van der Waals surface area contributed by atoms with Crippen LogP contribution in [0.5, 0.6) is 0 Å². The summed E-state index contributed by atoms with van der Waals surface area (Å²) in [6.07, 6.45) is 3.47. The second-order valence-electron chi connectivity index (χ2n) is 3.89. The molecule has 2 aromatic rings. The maximum Gasteiger partial charge on any atom is 0.215 e. The molecule has 0 amide bonds. The molecule has 1 aromatic heterocycles. The highest BCUT2D eigenvalue weighted by Crippen LogP contribution is 2.17. The Morgan fingerprint density at radius 3 is 2.88 bits per heavy atom. The van der Waals surface area contributed by atoms with E-state index in [2.05, 4.69) is 27.9 Å². The molecule has 0 bridgehead atoms. The second kappa shape index (κ2) is 5.72. The summed E-state index contributed by atoms with van der Waals surface area (Å²) in [4.78, 5) is 11.0. The number of aromatic nitrogens is 1. The Bertz CT molecular complexity index is 570. The van der Waals surface area contributed by atoms with Crippen LogP contribution < -0.4 is 4.80 Å². The predicted octanol–water partition coefficient (Wildman–Crippen LogP) is 3.48. The summed E-state index contributed by atoms with van der Waals surface area (Å²) in [5, 5.41) is 6.33. The molecule has 5 heteroatoms. The lowest BCUT2D eigenvalue weighted by Crippen LogP contribution is -2.14. The number of hydrogen-bond acceptors (Lipinski definition) is 3. The standard InChI is InChI=1S/C12H15N3OS/c1-2-3-6-9-15-10-7-4-5-8-11(10)17-12(15)13-14-16/h4-5,7-8H,2-3,6,9H2,1H3/b13-12+. The molecule has 0 atom stereocenters. The number of hydrogen-bond donors (Lipinski definition) is 0. The molecule has 0 N–H and O–H groups in total. The first-order valence-corrected chi connectivity index (χ1v) is 6.63. The van der Waals surface area contributed by atoms with Crippen molar-refractivity contribution in [2.45, 2.75) is 32.7 Å². The normalized spacial score (nSPS) is 12.2. The van der Waals surface area contributed by atoms with Crippen molar-refractivity contribution in [3.05, 3.63) is 34.0 Å². The lowest BCUT2D eigenvalue weighted by molar-refractivity contribution is 0.602. The van der Waals surface area contributed by atoms with Crippen molar-refractivity contribution in [3.8, 4) is 0 Å². The van der Waals surface area contributed by atoms with Crippen molar-refractivity contribution in [3.63, 3.8) is 0 Å². The van der Waals surface area contributed by atoms with E-state index in [0.29, 0.717) is 4.80 Å². The zero-order valence-corrected chi connectivity index (χ0v) is 10.6. The number of rotatable bonds is 5. The van der Waals surface area contributed by atoms with Crippen molar-refractivity contribution < 1.29 is 0 Å². The summed E-state index contributed by atoms with van der Waals surface area (Å²) < 4.78 is 3.23. The molecule has 0 fully saturated rings. The van der Waals surface area contributed by atoms with Gasteiger partial charge in [-0.25, -0.2) is 0 Å². The van der Waals surface area contributed by atoms with Crippen LogP contribution in [0.25, 0.3) is 10.2 Å². The molecular formula is C12H15N3OS. The molecule has 90 valence electrons. The number of nitrogens with zero attached hydrogens (tertiary/aromatic N) is 3. The zero-order valence-electron chi connectivity index (χ0n) is 9.80. The van der Waals surface area contributed by atoms with E-state index in [1.165, 1.54) is 24.2 Å². The lowest BCUT2D eigenvalue weighted by Gasteiger charge is -2.03. The van der Waals surface area contributed by atoms with E-state index in [9.17, 15) is 4.91 Å². The van der Waals surface area contributed by atoms with Gasteiger partial charge in [-0.05, 0) is 18.6 Å². The summed E-state index contributed by atoms with van der Waals surface area (Å²) in [6.45, 7) is 3.07. The molecule has 0 aliphatic carbocycles. The van der Waals surface area contributed by atoms with E-state index < -0.39 is 0 Å². The Morgan fingerprint density at radius 1 is 1.29 bits per heavy atom. The summed E-state index contributed by atoms with van der Waals surface area (Å²) >= 11 is 1.51. The Hall–Kier alpha value is -1.49. The third kappa shape index (κ3) is 2.61. The average Bonchev–Trinajstić information content (AvgIpc) is 2.69. The van der Waals surface area contributed by atoms with Gasteiger partial charge in [-0.15, -0.1) is 4.91 Å². The van der Waals surface area contributed by atoms with Crippen LogP contribution >= 0.6 is 11.3 Å². The number of benzene rings is 1. The topological polar surface area (TPSA) is 46.7 Å². The van der Waals surface area contributed by atoms with Crippen molar-refractivity contribution in [2.24, 2.45) is 10.4 Å². The second-order valence-corrected chi connectivity index (χ2v) is 4.90. The van der Waals surface area contributed by atoms with Gasteiger partial charge < -0.3 is 4.57 Å². The van der Waals surface area contributed by atoms with Crippen molar-refractivity contribution in [1.29, 1.82) is 0 Å². The monoisotopic (exact) mass is 249 g/mol. The Kier molecular flexibility index (Phi) is 4.03. The van der Waals surface area contributed by atoms with E-state index >= 15 is 0 Å². The number of fused-ring (bicyclic) bond motifs is 1. The van der Waals surface area contributed by atoms with Crippen LogP contribution in [-0.4, -0.2) is 4.57 Å². The number of para-hydroxylation sites is 1. The quantitative estimate of drug-likeness (QED) is 0.454. The summed E-state index contributed by atoms with van der Waals surface area (Å²) in [7, 11) is 0. The molecule has 0 aliphatic heterocycles. The number of aryl methyl sites for hydroxylation is 1. The Balaban J connectivity index is 2.45. The maximum absolute atomic E-state index is 10.3. The minimum Gasteiger partial charge on any atom is -0.315 e. The highest BCUT2D eigenvalue weighted by Gasteiger charge is 2.04. The highest BCUT2D eigenvalue weighted by molar-refractivity contribution is 7.16. The molecular weight excluding hydrogens is 234 g/mol. The molecule has 0 saturated heterocycles. The van der Waals surface area contributed by atoms with Crippen LogP contribution in [-0.2, 0) is 6.54 Å². The summed E-state index contributed by atoms with van der Waals surface area (Å²) in [5.41, 5.74) is 1.14. The highest BCUT2D eigenvalue weighted by atomic mass is 32.1. The molecule has 0 saturated carbocycles. The van der Waals surface area contributed by atoms with Crippen LogP contribution in [0.4, 0.5) is 0 Å². The molecule has 0 spiro atoms. The SMILES string of the molecule is CCCCCn1/c(=N\N=O)sc2ccccc21. The van der Waals surface area contributed by atoms with E-state index in [-0.39, 0.29) is 0 Å². The fourth-order valence-corrected chi connectivity index (χ4v) is 2.87. The molecule has 1 aromatic carbocycles. The third-order valence-electron chi connectivity index (χ3n) is 2.70. The first-order valence-electron chi connectivity index (χ1n) is 5.81. The van der Waals surface area contributed by atoms with Gasteiger partial charge in [0.05, 0.1) is 15.5 Å². The largest absolute Gasteiger partial charge is 0.315 e. The molecule has 0 radical (unpaired) electrons. The van der Waals surface area contributed by atoms with Crippen molar-refractivity contribution >= 4 is 21.6 Å². The molecule has 2 rings (SSSR count). The van der Waals surface area contributed by atoms with Gasteiger partial charge in [0.2, 0.25) is 4.80 Å². The van der Waals surface area contributed by atoms with Gasteiger partial charge in [-0.1, -0.05) is 48.3 Å². The van der Waals surface area contributed by atoms with Crippen LogP contribution in [0, 0.1) is 4.91 Å². The van der Waals surface area contributed by atoms with Gasteiger partial charge >= 0.3 is 0 Å². The first kappa shape index (κ1) is 12.0. The molecule has 0 unspecified atom stereocenters. The van der Waals surface area contributed by atoms with Gasteiger partial charge in [-0.3, -0.25) is 0 Å². The third-order valence-corrected chi connectivity index (χ3v) is 3.75. The number of unbranched alkanes of at least 4 members (excludes halogenated alkanes) is 2. The van der Waals surface area contributed by atoms with Crippen molar-refractivity contribution in [1.82, 2.24) is 4.57 Å². The Labute approximate surface area is 104 Å². The maximum atomic E-state index is 10.3. The van der Waals surface area contributed by atoms with E-state index in [4.69, 9.17) is 0 Å². The van der Waals surface area contributed by atoms with Crippen LogP contribution in [0.1, 0.15) is 26.2 Å². The van der Waals surface area contributed by atoms with Gasteiger partial charge in [0.25, 0.3) is 0 Å². The first-order chi connectivity index (χ1) is 8.36. The smallest absolute Gasteiger partial charge is 0.215 e. The van der Waals surface area contributed by atoms with Gasteiger partial charge in [0, 0.05) is 6.54 Å². The fourth-order valence-electron chi connectivity index (χ4n) is 1.87. The zero-order chi connectivity index (χ0) is 12.1. The summed E-state index contributed by atoms with van der Waals surface area (Å²) in [6, 6.07) is 8.10. The lowest BCUT2D eigenvalue weighted by atomic mass is 10.2. The minimum atomic E-state index is 0.692. The minimum absolute atomic E-state index is 0.692. The van der Waals surface area contributed by atoms with Gasteiger partial charge in [-0.2, -0.15) is 0 Å². The van der Waals surface area contributed by atoms with Crippen LogP contribution in [0.15, 0.2) is 34.7 Å². The molecule has 1 heterocycles. The number of thiazole rings is 1. The Morgan fingerprint density at radius 2 is 2.12 bits per heavy atom. The average molecular weight is 249 g/mol. The van der Waals surface area contributed by atoms with Gasteiger partial charge in [0.15, 0.2) is 0 Å². The van der Waals surface area contributed by atoms with Crippen molar-refractivity contribution in [2.75, 3.05) is 0 Å². The molecule has 4 nitrogen and oxygen atoms in total. The van der Waals surface area contributed by atoms with E-state index in [0.717, 1.165) is 23.2 Å². The predicted molar refractivity (Wildman–Crippen MR) is 70.7 cm³/mol. The molecule has 17 heavy (non-hydrogen) atoms. The number of nitroso groups, excluding NO2 is 1. The van der Waals surface area contributed by atoms with Crippen LogP contribution in [0.2, 0.25) is 0 Å². The summed E-state index contributed by atoms with van der Waals surface area (Å²) in [5.74, 6) is 0. The van der Waals surface area contributed by atoms with Crippen LogP contribution in [0.3, 0.4) is 0 Å². The van der Waals surface area contributed by atoms with Gasteiger partial charge in [0.1, 0.15) is 0 Å². The fraction of sp³-hybridized carbons (Fsp3) is 0.417. The molecule has 0 aliphatic rings.